The Balaban J connectivity index is 1.89. The number of aryl methyl sites for hydroxylation is 1. The van der Waals surface area contributed by atoms with Crippen LogP contribution in [0.2, 0.25) is 0 Å². The Morgan fingerprint density at radius 2 is 1.62 bits per heavy atom. The molecule has 24 heavy (non-hydrogen) atoms. The van der Waals surface area contributed by atoms with Gasteiger partial charge in [0.25, 0.3) is 0 Å². The highest BCUT2D eigenvalue weighted by atomic mass is 16.4. The second-order valence-corrected chi connectivity index (χ2v) is 7.23. The molecule has 3 nitrogen and oxygen atoms in total. The van der Waals surface area contributed by atoms with Gasteiger partial charge < -0.3 is 9.52 Å². The summed E-state index contributed by atoms with van der Waals surface area (Å²) in [6.07, 6.45) is 8.86. The summed E-state index contributed by atoms with van der Waals surface area (Å²) in [5.41, 5.74) is 1.79. The van der Waals surface area contributed by atoms with Crippen LogP contribution in [0.15, 0.2) is 39.5 Å². The monoisotopic (exact) mass is 324 g/mol. The van der Waals surface area contributed by atoms with Crippen molar-refractivity contribution in [1.29, 1.82) is 0 Å². The fraction of sp³-hybridized carbons (Fsp3) is 0.476. The van der Waals surface area contributed by atoms with Crippen LogP contribution in [-0.4, -0.2) is 5.11 Å². The Hall–Kier alpha value is -2.03. The largest absolute Gasteiger partial charge is 0.507 e. The normalized spacial score (nSPS) is 19.7. The molecule has 1 fully saturated rings. The van der Waals surface area contributed by atoms with Crippen molar-refractivity contribution in [2.24, 2.45) is 0 Å². The maximum absolute atomic E-state index is 12.8. The summed E-state index contributed by atoms with van der Waals surface area (Å²) in [5.74, 6) is 0.926. The molecular weight excluding hydrogens is 300 g/mol. The standard InChI is InChI=1S/C21H24O3/c22-19-16-11-6-1-2-7-12-17(16)24-20(23)18(19)21(13-8-14-21)15-9-4-3-5-10-15/h3-5,9-10,22H,1-2,6-8,11-14H2. The van der Waals surface area contributed by atoms with Gasteiger partial charge in [-0.1, -0.05) is 49.6 Å². The Labute approximate surface area is 142 Å². The third-order valence-corrected chi connectivity index (χ3v) is 5.87. The minimum absolute atomic E-state index is 0.215. The van der Waals surface area contributed by atoms with Crippen molar-refractivity contribution in [2.75, 3.05) is 0 Å². The maximum atomic E-state index is 12.8. The predicted molar refractivity (Wildman–Crippen MR) is 93.6 cm³/mol. The smallest absolute Gasteiger partial charge is 0.343 e. The van der Waals surface area contributed by atoms with E-state index in [1.807, 2.05) is 18.2 Å². The van der Waals surface area contributed by atoms with Gasteiger partial charge in [0, 0.05) is 17.4 Å². The molecule has 2 aliphatic carbocycles. The molecule has 1 aromatic heterocycles. The summed E-state index contributed by atoms with van der Waals surface area (Å²) in [7, 11) is 0. The van der Waals surface area contributed by atoms with E-state index in [2.05, 4.69) is 12.1 Å². The van der Waals surface area contributed by atoms with Gasteiger partial charge in [-0.25, -0.2) is 4.79 Å². The molecule has 1 aromatic carbocycles. The third-order valence-electron chi connectivity index (χ3n) is 5.87. The number of hydrogen-bond acceptors (Lipinski definition) is 3. The van der Waals surface area contributed by atoms with Gasteiger partial charge in [-0.15, -0.1) is 0 Å². The summed E-state index contributed by atoms with van der Waals surface area (Å²) in [4.78, 5) is 12.8. The first kappa shape index (κ1) is 15.5. The molecule has 0 radical (unpaired) electrons. The molecule has 3 heteroatoms. The number of benzene rings is 1. The molecule has 1 saturated carbocycles. The Morgan fingerprint density at radius 1 is 0.917 bits per heavy atom. The van der Waals surface area contributed by atoms with Crippen molar-refractivity contribution >= 4 is 0 Å². The van der Waals surface area contributed by atoms with E-state index in [9.17, 15) is 9.90 Å². The first-order chi connectivity index (χ1) is 11.7. The average molecular weight is 324 g/mol. The van der Waals surface area contributed by atoms with Crippen LogP contribution >= 0.6 is 0 Å². The van der Waals surface area contributed by atoms with Crippen LogP contribution in [0.1, 0.15) is 67.4 Å². The highest BCUT2D eigenvalue weighted by Crippen LogP contribution is 2.51. The fourth-order valence-electron chi connectivity index (χ4n) is 4.40. The lowest BCUT2D eigenvalue weighted by Gasteiger charge is -2.42. The van der Waals surface area contributed by atoms with Gasteiger partial charge in [-0.05, 0) is 37.7 Å². The van der Waals surface area contributed by atoms with Crippen molar-refractivity contribution in [3.63, 3.8) is 0 Å². The lowest BCUT2D eigenvalue weighted by atomic mass is 9.60. The van der Waals surface area contributed by atoms with Gasteiger partial charge in [0.05, 0.1) is 5.56 Å². The van der Waals surface area contributed by atoms with Crippen molar-refractivity contribution in [3.05, 3.63) is 63.2 Å². The first-order valence-electron chi connectivity index (χ1n) is 9.16. The number of rotatable bonds is 2. The average Bonchev–Trinajstić information content (AvgIpc) is 2.52. The van der Waals surface area contributed by atoms with Crippen molar-refractivity contribution < 1.29 is 9.52 Å². The second kappa shape index (κ2) is 6.12. The SMILES string of the molecule is O=c1oc2c(c(O)c1C1(c3ccccc3)CCC1)CCCCCC2. The van der Waals surface area contributed by atoms with Crippen LogP contribution in [0.5, 0.6) is 5.75 Å². The second-order valence-electron chi connectivity index (χ2n) is 7.23. The Morgan fingerprint density at radius 3 is 2.29 bits per heavy atom. The number of hydrogen-bond donors (Lipinski definition) is 1. The van der Waals surface area contributed by atoms with E-state index in [0.29, 0.717) is 11.3 Å². The predicted octanol–water partition coefficient (Wildman–Crippen LogP) is 4.47. The molecule has 0 amide bonds. The highest BCUT2D eigenvalue weighted by Gasteiger charge is 2.45. The highest BCUT2D eigenvalue weighted by molar-refractivity contribution is 5.51. The van der Waals surface area contributed by atoms with Crippen molar-refractivity contribution in [2.45, 2.75) is 63.2 Å². The van der Waals surface area contributed by atoms with E-state index >= 15 is 0 Å². The molecule has 2 aromatic rings. The third kappa shape index (κ3) is 2.38. The van der Waals surface area contributed by atoms with E-state index in [1.54, 1.807) is 0 Å². The van der Waals surface area contributed by atoms with Gasteiger partial charge in [-0.3, -0.25) is 0 Å². The quantitative estimate of drug-likeness (QED) is 0.886. The molecule has 1 heterocycles. The lowest BCUT2D eigenvalue weighted by Crippen LogP contribution is -2.40. The minimum atomic E-state index is -0.372. The summed E-state index contributed by atoms with van der Waals surface area (Å²) in [5, 5.41) is 11.0. The number of fused-ring (bicyclic) bond motifs is 1. The van der Waals surface area contributed by atoms with Gasteiger partial charge in [0.15, 0.2) is 0 Å². The van der Waals surface area contributed by atoms with Crippen LogP contribution in [0, 0.1) is 0 Å². The van der Waals surface area contributed by atoms with Crippen LogP contribution in [-0.2, 0) is 18.3 Å². The van der Waals surface area contributed by atoms with Crippen molar-refractivity contribution in [1.82, 2.24) is 0 Å². The van der Waals surface area contributed by atoms with E-state index in [-0.39, 0.29) is 16.8 Å². The zero-order valence-electron chi connectivity index (χ0n) is 14.0. The van der Waals surface area contributed by atoms with Gasteiger partial charge in [-0.2, -0.15) is 0 Å². The molecule has 0 bridgehead atoms. The summed E-state index contributed by atoms with van der Waals surface area (Å²) in [6.45, 7) is 0. The van der Waals surface area contributed by atoms with Gasteiger partial charge in [0.2, 0.25) is 0 Å². The molecular formula is C21H24O3. The molecule has 0 aliphatic heterocycles. The van der Waals surface area contributed by atoms with Crippen LogP contribution in [0.25, 0.3) is 0 Å². The van der Waals surface area contributed by atoms with Crippen LogP contribution < -0.4 is 5.63 Å². The summed E-state index contributed by atoms with van der Waals surface area (Å²) < 4.78 is 5.74. The Bertz CT molecular complexity index is 785. The van der Waals surface area contributed by atoms with E-state index in [0.717, 1.165) is 56.1 Å². The lowest BCUT2D eigenvalue weighted by molar-refractivity contribution is 0.271. The van der Waals surface area contributed by atoms with Gasteiger partial charge in [0.1, 0.15) is 11.5 Å². The molecule has 2 aliphatic rings. The van der Waals surface area contributed by atoms with Crippen LogP contribution in [0.4, 0.5) is 0 Å². The molecule has 0 atom stereocenters. The molecule has 0 unspecified atom stereocenters. The molecule has 4 rings (SSSR count). The van der Waals surface area contributed by atoms with E-state index in [1.165, 1.54) is 12.8 Å². The van der Waals surface area contributed by atoms with Crippen molar-refractivity contribution in [3.8, 4) is 5.75 Å². The zero-order valence-corrected chi connectivity index (χ0v) is 14.0. The maximum Gasteiger partial charge on any atom is 0.343 e. The first-order valence-corrected chi connectivity index (χ1v) is 9.16. The Kier molecular flexibility index (Phi) is 3.95. The van der Waals surface area contributed by atoms with Gasteiger partial charge >= 0.3 is 5.63 Å². The minimum Gasteiger partial charge on any atom is -0.507 e. The molecule has 1 N–H and O–H groups in total. The number of aromatic hydroxyl groups is 1. The summed E-state index contributed by atoms with van der Waals surface area (Å²) in [6, 6.07) is 10.1. The fourth-order valence-corrected chi connectivity index (χ4v) is 4.40. The molecule has 0 spiro atoms. The van der Waals surface area contributed by atoms with E-state index in [4.69, 9.17) is 4.42 Å². The topological polar surface area (TPSA) is 50.4 Å². The zero-order chi connectivity index (χ0) is 16.6. The van der Waals surface area contributed by atoms with Crippen LogP contribution in [0.3, 0.4) is 0 Å². The van der Waals surface area contributed by atoms with E-state index < -0.39 is 0 Å². The molecule has 126 valence electrons. The molecule has 0 saturated heterocycles. The summed E-state index contributed by atoms with van der Waals surface area (Å²) >= 11 is 0.